The fourth-order valence-corrected chi connectivity index (χ4v) is 3.91. The number of nitrogens with one attached hydrogen (secondary N) is 3. The summed E-state index contributed by atoms with van der Waals surface area (Å²) in [4.78, 5) is 38.0. The highest BCUT2D eigenvalue weighted by atomic mass is 32.1. The number of hydrogen-bond acceptors (Lipinski definition) is 7. The first-order valence-electron chi connectivity index (χ1n) is 9.84. The highest BCUT2D eigenvalue weighted by Gasteiger charge is 2.39. The molecule has 3 N–H and O–H groups in total. The van der Waals surface area contributed by atoms with Crippen LogP contribution in [0.15, 0.2) is 36.4 Å². The van der Waals surface area contributed by atoms with Gasteiger partial charge in [0.15, 0.2) is 0 Å². The van der Waals surface area contributed by atoms with Crippen molar-refractivity contribution in [3.05, 3.63) is 57.3 Å². The summed E-state index contributed by atoms with van der Waals surface area (Å²) in [6, 6.07) is 10.2. The van der Waals surface area contributed by atoms with Gasteiger partial charge in [-0.1, -0.05) is 0 Å². The Morgan fingerprint density at radius 2 is 1.85 bits per heavy atom. The van der Waals surface area contributed by atoms with Crippen LogP contribution in [0, 0.1) is 16.7 Å². The third-order valence-electron chi connectivity index (χ3n) is 4.82. The summed E-state index contributed by atoms with van der Waals surface area (Å²) in [6.07, 6.45) is -5.13. The molecule has 1 fully saturated rings. The molecule has 1 atom stereocenters. The van der Waals surface area contributed by atoms with Gasteiger partial charge in [-0.05, 0) is 36.4 Å². The van der Waals surface area contributed by atoms with Crippen LogP contribution in [0.1, 0.15) is 30.5 Å². The first-order valence-corrected chi connectivity index (χ1v) is 10.7. The molecule has 1 aliphatic rings. The lowest BCUT2D eigenvalue weighted by Gasteiger charge is -2.35. The SMILES string of the molecule is N#Cc1ccc(C(=O)N2CCOCC2CNC(=O)c2ccc(C(=N)NC(=O)C(F)(F)F)s2)cc1. The van der Waals surface area contributed by atoms with E-state index in [4.69, 9.17) is 15.4 Å². The number of nitriles is 1. The van der Waals surface area contributed by atoms with E-state index in [-0.39, 0.29) is 28.8 Å². The van der Waals surface area contributed by atoms with Gasteiger partial charge >= 0.3 is 12.1 Å². The monoisotopic (exact) mass is 493 g/mol. The molecule has 0 bridgehead atoms. The van der Waals surface area contributed by atoms with Crippen molar-refractivity contribution in [2.45, 2.75) is 12.2 Å². The van der Waals surface area contributed by atoms with E-state index >= 15 is 0 Å². The van der Waals surface area contributed by atoms with Crippen LogP contribution < -0.4 is 10.6 Å². The molecule has 3 amide bonds. The molecule has 3 rings (SSSR count). The molecule has 1 aromatic carbocycles. The third-order valence-corrected chi connectivity index (χ3v) is 5.92. The molecule has 1 aromatic heterocycles. The molecule has 1 saturated heterocycles. The van der Waals surface area contributed by atoms with E-state index in [2.05, 4.69) is 5.32 Å². The zero-order chi connectivity index (χ0) is 24.9. The number of carbonyl (C=O) groups is 3. The molecule has 9 nitrogen and oxygen atoms in total. The van der Waals surface area contributed by atoms with Gasteiger partial charge in [0.05, 0.1) is 40.6 Å². The molecular formula is C21H18F3N5O4S. The maximum atomic E-state index is 12.9. The van der Waals surface area contributed by atoms with Crippen molar-refractivity contribution in [2.24, 2.45) is 0 Å². The number of benzene rings is 1. The molecule has 178 valence electrons. The van der Waals surface area contributed by atoms with Gasteiger partial charge in [0, 0.05) is 18.7 Å². The average molecular weight is 493 g/mol. The van der Waals surface area contributed by atoms with Gasteiger partial charge < -0.3 is 20.3 Å². The summed E-state index contributed by atoms with van der Waals surface area (Å²) in [5.74, 6) is -3.88. The van der Waals surface area contributed by atoms with Crippen molar-refractivity contribution >= 4 is 34.9 Å². The summed E-state index contributed by atoms with van der Waals surface area (Å²) in [5, 5.41) is 20.6. The summed E-state index contributed by atoms with van der Waals surface area (Å²) in [6.45, 7) is 0.869. The molecule has 0 aliphatic carbocycles. The Balaban J connectivity index is 1.60. The van der Waals surface area contributed by atoms with Gasteiger partial charge in [-0.25, -0.2) is 0 Å². The first-order chi connectivity index (χ1) is 16.1. The lowest BCUT2D eigenvalue weighted by Crippen LogP contribution is -2.53. The van der Waals surface area contributed by atoms with E-state index in [9.17, 15) is 27.6 Å². The number of amidine groups is 1. The fourth-order valence-electron chi connectivity index (χ4n) is 3.08. The minimum Gasteiger partial charge on any atom is -0.377 e. The van der Waals surface area contributed by atoms with Crippen LogP contribution in [0.3, 0.4) is 0 Å². The van der Waals surface area contributed by atoms with Gasteiger partial charge in [0.1, 0.15) is 5.84 Å². The van der Waals surface area contributed by atoms with Crippen LogP contribution in [-0.4, -0.2) is 67.0 Å². The average Bonchev–Trinajstić information content (AvgIpc) is 3.32. The summed E-state index contributed by atoms with van der Waals surface area (Å²) in [7, 11) is 0. The second kappa shape index (κ2) is 10.4. The summed E-state index contributed by atoms with van der Waals surface area (Å²) < 4.78 is 42.5. The maximum absolute atomic E-state index is 12.9. The molecular weight excluding hydrogens is 475 g/mol. The molecule has 2 aromatic rings. The zero-order valence-electron chi connectivity index (χ0n) is 17.4. The first kappa shape index (κ1) is 24.9. The smallest absolute Gasteiger partial charge is 0.377 e. The number of morpholine rings is 1. The zero-order valence-corrected chi connectivity index (χ0v) is 18.3. The van der Waals surface area contributed by atoms with E-state index in [0.717, 1.165) is 11.3 Å². The van der Waals surface area contributed by atoms with Gasteiger partial charge in [-0.15, -0.1) is 11.3 Å². The van der Waals surface area contributed by atoms with Gasteiger partial charge in [0.25, 0.3) is 11.8 Å². The third kappa shape index (κ3) is 5.97. The van der Waals surface area contributed by atoms with Crippen LogP contribution in [-0.2, 0) is 9.53 Å². The van der Waals surface area contributed by atoms with Gasteiger partial charge in [0.2, 0.25) is 0 Å². The number of halogens is 3. The van der Waals surface area contributed by atoms with Crippen LogP contribution >= 0.6 is 11.3 Å². The molecule has 13 heteroatoms. The molecule has 34 heavy (non-hydrogen) atoms. The van der Waals surface area contributed by atoms with Crippen molar-refractivity contribution in [3.63, 3.8) is 0 Å². The quantitative estimate of drug-likeness (QED) is 0.432. The predicted molar refractivity (Wildman–Crippen MR) is 114 cm³/mol. The molecule has 0 saturated carbocycles. The Bertz CT molecular complexity index is 1140. The Kier molecular flexibility index (Phi) is 7.64. The van der Waals surface area contributed by atoms with Crippen LogP contribution in [0.2, 0.25) is 0 Å². The number of alkyl halides is 3. The van der Waals surface area contributed by atoms with Crippen molar-refractivity contribution in [1.82, 2.24) is 15.5 Å². The number of carbonyl (C=O) groups excluding carboxylic acids is 3. The second-order valence-corrected chi connectivity index (χ2v) is 8.20. The van der Waals surface area contributed by atoms with E-state index in [1.807, 2.05) is 6.07 Å². The minimum atomic E-state index is -5.13. The number of hydrogen-bond donors (Lipinski definition) is 3. The molecule has 2 heterocycles. The second-order valence-electron chi connectivity index (χ2n) is 7.12. The Labute approximate surface area is 195 Å². The summed E-state index contributed by atoms with van der Waals surface area (Å²) in [5.41, 5.74) is 0.809. The molecule has 0 spiro atoms. The van der Waals surface area contributed by atoms with Crippen molar-refractivity contribution < 1.29 is 32.3 Å². The Hall–Kier alpha value is -3.76. The number of amides is 3. The molecule has 1 aliphatic heterocycles. The van der Waals surface area contributed by atoms with Crippen molar-refractivity contribution in [3.8, 4) is 6.07 Å². The van der Waals surface area contributed by atoms with Crippen LogP contribution in [0.25, 0.3) is 0 Å². The van der Waals surface area contributed by atoms with Gasteiger partial charge in [-0.2, -0.15) is 18.4 Å². The lowest BCUT2D eigenvalue weighted by atomic mass is 10.1. The Morgan fingerprint density at radius 1 is 1.18 bits per heavy atom. The van der Waals surface area contributed by atoms with E-state index in [0.29, 0.717) is 24.3 Å². The van der Waals surface area contributed by atoms with E-state index in [1.165, 1.54) is 29.6 Å². The largest absolute Gasteiger partial charge is 0.471 e. The lowest BCUT2D eigenvalue weighted by molar-refractivity contribution is -0.171. The fraction of sp³-hybridized carbons (Fsp3) is 0.286. The highest BCUT2D eigenvalue weighted by molar-refractivity contribution is 7.16. The topological polar surface area (TPSA) is 135 Å². The predicted octanol–water partition coefficient (Wildman–Crippen LogP) is 1.89. The Morgan fingerprint density at radius 3 is 2.50 bits per heavy atom. The van der Waals surface area contributed by atoms with Crippen LogP contribution in [0.5, 0.6) is 0 Å². The van der Waals surface area contributed by atoms with Crippen LogP contribution in [0.4, 0.5) is 13.2 Å². The maximum Gasteiger partial charge on any atom is 0.471 e. The van der Waals surface area contributed by atoms with E-state index in [1.54, 1.807) is 17.0 Å². The standard InChI is InChI=1S/C21H18F3N5O4S/c22-21(23,24)20(32)28-17(26)15-5-6-16(34-15)18(30)27-10-14-11-33-8-7-29(14)19(31)13-3-1-12(9-25)2-4-13/h1-6,14H,7-8,10-11H2,(H,27,30)(H2,26,28,32). The normalized spacial score (nSPS) is 15.8. The molecule has 0 radical (unpaired) electrons. The van der Waals surface area contributed by atoms with Crippen molar-refractivity contribution in [1.29, 1.82) is 10.7 Å². The minimum absolute atomic E-state index is 0.0265. The molecule has 1 unspecified atom stereocenters. The number of nitrogens with zero attached hydrogens (tertiary/aromatic N) is 2. The van der Waals surface area contributed by atoms with Crippen molar-refractivity contribution in [2.75, 3.05) is 26.3 Å². The van der Waals surface area contributed by atoms with Gasteiger partial charge in [-0.3, -0.25) is 19.8 Å². The number of thiophene rings is 1. The number of ether oxygens (including phenoxy) is 1. The highest BCUT2D eigenvalue weighted by Crippen LogP contribution is 2.19. The summed E-state index contributed by atoms with van der Waals surface area (Å²) >= 11 is 0.739. The van der Waals surface area contributed by atoms with E-state index < -0.39 is 29.9 Å². The number of rotatable bonds is 5.